The summed E-state index contributed by atoms with van der Waals surface area (Å²) in [5.41, 5.74) is 7.18. The SMILES string of the molecule is N=C(N)c1ccc(N2CCN(C(=O)N(Cc3ccccc3)C3CCC(C(=O)O)CC3)CC2)nc1. The van der Waals surface area contributed by atoms with Crippen LogP contribution in [-0.2, 0) is 11.3 Å². The minimum Gasteiger partial charge on any atom is -0.481 e. The third-order valence-electron chi connectivity index (χ3n) is 6.86. The number of nitrogen functional groups attached to an aromatic ring is 1. The minimum absolute atomic E-state index is 0.00892. The van der Waals surface area contributed by atoms with Crippen LogP contribution in [0.15, 0.2) is 48.7 Å². The highest BCUT2D eigenvalue weighted by Crippen LogP contribution is 2.30. The maximum Gasteiger partial charge on any atom is 0.320 e. The van der Waals surface area contributed by atoms with E-state index in [4.69, 9.17) is 11.1 Å². The summed E-state index contributed by atoms with van der Waals surface area (Å²) in [7, 11) is 0. The van der Waals surface area contributed by atoms with Crippen LogP contribution in [0.25, 0.3) is 0 Å². The summed E-state index contributed by atoms with van der Waals surface area (Å²) < 4.78 is 0. The lowest BCUT2D eigenvalue weighted by Gasteiger charge is -2.42. The molecule has 2 aromatic rings. The van der Waals surface area contributed by atoms with Crippen LogP contribution in [0.1, 0.15) is 36.8 Å². The van der Waals surface area contributed by atoms with E-state index in [1.54, 1.807) is 12.3 Å². The first-order valence-corrected chi connectivity index (χ1v) is 11.8. The van der Waals surface area contributed by atoms with Crippen LogP contribution in [0.3, 0.4) is 0 Å². The number of nitrogens with one attached hydrogen (secondary N) is 1. The number of nitrogens with two attached hydrogens (primary N) is 1. The van der Waals surface area contributed by atoms with Crippen LogP contribution in [0.4, 0.5) is 10.6 Å². The van der Waals surface area contributed by atoms with Crippen molar-refractivity contribution in [2.75, 3.05) is 31.1 Å². The zero-order chi connectivity index (χ0) is 24.1. The number of nitrogens with zero attached hydrogens (tertiary/aromatic N) is 4. The van der Waals surface area contributed by atoms with Crippen molar-refractivity contribution < 1.29 is 14.7 Å². The minimum atomic E-state index is -0.736. The molecule has 4 rings (SSSR count). The number of aromatic nitrogens is 1. The van der Waals surface area contributed by atoms with Crippen molar-refractivity contribution in [1.29, 1.82) is 5.41 Å². The van der Waals surface area contributed by atoms with Gasteiger partial charge in [-0.3, -0.25) is 10.2 Å². The molecule has 0 radical (unpaired) electrons. The Labute approximate surface area is 199 Å². The summed E-state index contributed by atoms with van der Waals surface area (Å²) in [6.45, 7) is 3.04. The van der Waals surface area contributed by atoms with E-state index in [-0.39, 0.29) is 23.8 Å². The number of urea groups is 1. The summed E-state index contributed by atoms with van der Waals surface area (Å²) in [4.78, 5) is 35.4. The van der Waals surface area contributed by atoms with Crippen LogP contribution in [0, 0.1) is 11.3 Å². The first-order chi connectivity index (χ1) is 16.4. The van der Waals surface area contributed by atoms with Crippen molar-refractivity contribution in [3.05, 3.63) is 59.8 Å². The number of benzene rings is 1. The van der Waals surface area contributed by atoms with Crippen molar-refractivity contribution in [1.82, 2.24) is 14.8 Å². The molecule has 1 aliphatic heterocycles. The second-order valence-electron chi connectivity index (χ2n) is 9.03. The Morgan fingerprint density at radius 1 is 1.03 bits per heavy atom. The highest BCUT2D eigenvalue weighted by Gasteiger charge is 2.34. The van der Waals surface area contributed by atoms with Crippen LogP contribution < -0.4 is 10.6 Å². The number of piperazine rings is 1. The predicted octanol–water partition coefficient (Wildman–Crippen LogP) is 2.75. The van der Waals surface area contributed by atoms with Gasteiger partial charge >= 0.3 is 12.0 Å². The summed E-state index contributed by atoms with van der Waals surface area (Å²) in [5, 5.41) is 16.9. The van der Waals surface area contributed by atoms with E-state index in [1.165, 1.54) is 0 Å². The maximum absolute atomic E-state index is 13.6. The number of aliphatic carboxylic acids is 1. The monoisotopic (exact) mass is 464 g/mol. The van der Waals surface area contributed by atoms with Gasteiger partial charge in [0.1, 0.15) is 11.7 Å². The summed E-state index contributed by atoms with van der Waals surface area (Å²) in [5.74, 6) is -0.244. The molecular formula is C25H32N6O3. The number of rotatable bonds is 6. The Morgan fingerprint density at radius 2 is 1.71 bits per heavy atom. The summed E-state index contributed by atoms with van der Waals surface area (Å²) in [6.07, 6.45) is 4.23. The van der Waals surface area contributed by atoms with Crippen LogP contribution in [0.5, 0.6) is 0 Å². The topological polar surface area (TPSA) is 127 Å². The fourth-order valence-corrected chi connectivity index (χ4v) is 4.81. The molecule has 34 heavy (non-hydrogen) atoms. The lowest BCUT2D eigenvalue weighted by atomic mass is 9.85. The van der Waals surface area contributed by atoms with E-state index >= 15 is 0 Å². The summed E-state index contributed by atoms with van der Waals surface area (Å²) >= 11 is 0. The standard InChI is InChI=1S/C25H32N6O3/c26-23(27)20-8-11-22(28-16-20)29-12-14-30(15-13-29)25(34)31(17-18-4-2-1-3-5-18)21-9-6-19(7-10-21)24(32)33/h1-5,8,11,16,19,21H,6-7,9-10,12-15,17H2,(H3,26,27)(H,32,33). The van der Waals surface area contributed by atoms with E-state index < -0.39 is 5.97 Å². The van der Waals surface area contributed by atoms with Crippen molar-refractivity contribution in [3.63, 3.8) is 0 Å². The second kappa shape index (κ2) is 10.5. The van der Waals surface area contributed by atoms with Crippen LogP contribution in [-0.4, -0.2) is 69.9 Å². The Morgan fingerprint density at radius 3 is 2.26 bits per heavy atom. The van der Waals surface area contributed by atoms with Gasteiger partial charge in [-0.15, -0.1) is 0 Å². The number of amidine groups is 1. The van der Waals surface area contributed by atoms with Gasteiger partial charge in [-0.2, -0.15) is 0 Å². The third-order valence-corrected chi connectivity index (χ3v) is 6.86. The number of hydrogen-bond acceptors (Lipinski definition) is 5. The quantitative estimate of drug-likeness (QED) is 0.446. The first-order valence-electron chi connectivity index (χ1n) is 11.8. The van der Waals surface area contributed by atoms with Gasteiger partial charge in [0.15, 0.2) is 0 Å². The van der Waals surface area contributed by atoms with E-state index in [9.17, 15) is 14.7 Å². The maximum atomic E-state index is 13.6. The molecule has 1 saturated heterocycles. The Hall–Kier alpha value is -3.62. The molecule has 1 aliphatic carbocycles. The average molecular weight is 465 g/mol. The average Bonchev–Trinajstić information content (AvgIpc) is 2.88. The molecule has 180 valence electrons. The molecule has 4 N–H and O–H groups in total. The van der Waals surface area contributed by atoms with Crippen molar-refractivity contribution in [2.24, 2.45) is 11.7 Å². The lowest BCUT2D eigenvalue weighted by molar-refractivity contribution is -0.143. The van der Waals surface area contributed by atoms with Gasteiger partial charge in [-0.05, 0) is 43.4 Å². The van der Waals surface area contributed by atoms with E-state index in [1.807, 2.05) is 46.2 Å². The fourth-order valence-electron chi connectivity index (χ4n) is 4.81. The highest BCUT2D eigenvalue weighted by molar-refractivity contribution is 5.94. The van der Waals surface area contributed by atoms with Gasteiger partial charge in [0.2, 0.25) is 0 Å². The Balaban J connectivity index is 1.42. The number of carbonyl (C=O) groups excluding carboxylic acids is 1. The number of amides is 2. The van der Waals surface area contributed by atoms with Gasteiger partial charge in [0.25, 0.3) is 0 Å². The Kier molecular flexibility index (Phi) is 7.30. The van der Waals surface area contributed by atoms with Crippen molar-refractivity contribution >= 4 is 23.7 Å². The molecule has 1 saturated carbocycles. The van der Waals surface area contributed by atoms with Gasteiger partial charge in [0, 0.05) is 50.5 Å². The fraction of sp³-hybridized carbons (Fsp3) is 0.440. The molecule has 2 aliphatic rings. The zero-order valence-corrected chi connectivity index (χ0v) is 19.3. The van der Waals surface area contributed by atoms with E-state index in [0.717, 1.165) is 11.4 Å². The van der Waals surface area contributed by atoms with Crippen LogP contribution in [0.2, 0.25) is 0 Å². The molecule has 9 nitrogen and oxygen atoms in total. The molecule has 0 bridgehead atoms. The Bertz CT molecular complexity index is 997. The molecule has 9 heteroatoms. The smallest absolute Gasteiger partial charge is 0.320 e. The zero-order valence-electron chi connectivity index (χ0n) is 19.3. The number of carboxylic acids is 1. The van der Waals surface area contributed by atoms with Gasteiger partial charge in [0.05, 0.1) is 5.92 Å². The molecular weight excluding hydrogens is 432 g/mol. The lowest BCUT2D eigenvalue weighted by Crippen LogP contribution is -2.55. The largest absolute Gasteiger partial charge is 0.481 e. The number of carbonyl (C=O) groups is 2. The molecule has 0 atom stereocenters. The number of pyridine rings is 1. The van der Waals surface area contributed by atoms with Gasteiger partial charge in [-0.25, -0.2) is 9.78 Å². The van der Waals surface area contributed by atoms with E-state index in [0.29, 0.717) is 64.0 Å². The second-order valence-corrected chi connectivity index (χ2v) is 9.03. The first kappa shape index (κ1) is 23.5. The third kappa shape index (κ3) is 5.47. The van der Waals surface area contributed by atoms with Gasteiger partial charge < -0.3 is 25.5 Å². The number of anilines is 1. The molecule has 0 spiro atoms. The number of hydrogen-bond donors (Lipinski definition) is 3. The highest BCUT2D eigenvalue weighted by atomic mass is 16.4. The van der Waals surface area contributed by atoms with E-state index in [2.05, 4.69) is 9.88 Å². The van der Waals surface area contributed by atoms with Crippen molar-refractivity contribution in [2.45, 2.75) is 38.3 Å². The molecule has 0 unspecified atom stereocenters. The number of carboxylic acid groups (broad SMARTS) is 1. The van der Waals surface area contributed by atoms with Crippen molar-refractivity contribution in [3.8, 4) is 0 Å². The summed E-state index contributed by atoms with van der Waals surface area (Å²) in [6, 6.07) is 13.7. The normalized spacial score (nSPS) is 20.6. The molecule has 2 fully saturated rings. The molecule has 1 aromatic heterocycles. The molecule has 1 aromatic carbocycles. The molecule has 2 heterocycles. The predicted molar refractivity (Wildman–Crippen MR) is 130 cm³/mol. The molecule has 2 amide bonds. The van der Waals surface area contributed by atoms with Crippen LogP contribution >= 0.6 is 0 Å². The van der Waals surface area contributed by atoms with Gasteiger partial charge in [-0.1, -0.05) is 30.3 Å².